The molecule has 0 saturated carbocycles. The molecule has 0 radical (unpaired) electrons. The molecule has 0 spiro atoms. The van der Waals surface area contributed by atoms with Crippen molar-refractivity contribution in [3.05, 3.63) is 71.8 Å². The van der Waals surface area contributed by atoms with E-state index in [0.717, 1.165) is 22.0 Å². The van der Waals surface area contributed by atoms with E-state index in [-0.39, 0.29) is 117 Å². The third-order valence-electron chi connectivity index (χ3n) is 20.4. The highest BCUT2D eigenvalue weighted by Gasteiger charge is 2.49. The maximum Gasteiger partial charge on any atom is 0.410 e. The molecule has 2 fully saturated rings. The molecule has 9 amide bonds. The quantitative estimate of drug-likeness (QED) is 0.0337. The van der Waals surface area contributed by atoms with Crippen LogP contribution in [0.3, 0.4) is 0 Å². The van der Waals surface area contributed by atoms with Gasteiger partial charge in [0.15, 0.2) is 11.9 Å². The molecule has 10 N–H and O–H groups in total. The molecule has 3 heterocycles. The van der Waals surface area contributed by atoms with E-state index in [1.807, 2.05) is 65.0 Å². The highest BCUT2D eigenvalue weighted by atomic mass is 16.7. The van der Waals surface area contributed by atoms with Crippen molar-refractivity contribution in [2.75, 3.05) is 80.6 Å². The number of carbonyl (C=O) groups is 12. The number of methoxy groups -OCH3 is 3. The van der Waals surface area contributed by atoms with Gasteiger partial charge in [0.25, 0.3) is 11.8 Å². The third kappa shape index (κ3) is 24.8. The Kier molecular flexibility index (Phi) is 36.6. The summed E-state index contributed by atoms with van der Waals surface area (Å²) in [5, 5.41) is 66.1. The van der Waals surface area contributed by atoms with Gasteiger partial charge >= 0.3 is 12.1 Å². The fraction of sp³-hybridized carbons (Fsp3) is 0.658. The number of ether oxygens (including phenoxy) is 6. The molecule has 2 saturated heterocycles. The van der Waals surface area contributed by atoms with E-state index < -0.39 is 163 Å². The monoisotopic (exact) mass is 1520 g/mol. The van der Waals surface area contributed by atoms with Gasteiger partial charge in [-0.25, -0.2) is 9.59 Å². The lowest BCUT2D eigenvalue weighted by Crippen LogP contribution is -2.61. The molecule has 32 heteroatoms. The molecule has 2 aromatic rings. The summed E-state index contributed by atoms with van der Waals surface area (Å²) >= 11 is 0. The maximum absolute atomic E-state index is 15.0. The molecular formula is C76H115N9O23. The lowest BCUT2D eigenvalue weighted by atomic mass is 9.83. The number of hydrogen-bond donors (Lipinski definition) is 10. The fourth-order valence-corrected chi connectivity index (χ4v) is 14.0. The summed E-state index contributed by atoms with van der Waals surface area (Å²) in [6, 6.07) is 8.17. The number of aliphatic hydroxyl groups excluding tert-OH is 4. The molecule has 0 bridgehead atoms. The number of carbonyl (C=O) groups excluding carboxylic acids is 11. The molecule has 32 nitrogen and oxygen atoms in total. The van der Waals surface area contributed by atoms with Crippen LogP contribution in [0.25, 0.3) is 0 Å². The molecule has 0 aromatic heterocycles. The lowest BCUT2D eigenvalue weighted by molar-refractivity contribution is -0.271. The smallest absolute Gasteiger partial charge is 0.410 e. The molecule has 602 valence electrons. The molecule has 17 atom stereocenters. The van der Waals surface area contributed by atoms with Gasteiger partial charge in [0.05, 0.1) is 55.2 Å². The summed E-state index contributed by atoms with van der Waals surface area (Å²) in [7, 11) is 8.95. The van der Waals surface area contributed by atoms with Crippen molar-refractivity contribution in [1.29, 1.82) is 0 Å². The lowest BCUT2D eigenvalue weighted by Gasteiger charge is -2.41. The maximum atomic E-state index is 15.0. The molecule has 0 aliphatic carbocycles. The van der Waals surface area contributed by atoms with Crippen LogP contribution >= 0.6 is 0 Å². The Balaban J connectivity index is 1.30. The Morgan fingerprint density at radius 1 is 0.741 bits per heavy atom. The number of amides is 9. The van der Waals surface area contributed by atoms with Gasteiger partial charge in [0.1, 0.15) is 48.5 Å². The number of anilines is 1. The van der Waals surface area contributed by atoms with Crippen LogP contribution < -0.4 is 31.3 Å². The summed E-state index contributed by atoms with van der Waals surface area (Å²) in [6.07, 6.45) is -9.65. The number of benzene rings is 2. The number of unbranched alkanes of at least 4 members (excludes halogenated alkanes) is 1. The van der Waals surface area contributed by atoms with Crippen LogP contribution in [0.4, 0.5) is 10.5 Å². The van der Waals surface area contributed by atoms with Gasteiger partial charge in [0.2, 0.25) is 41.7 Å². The van der Waals surface area contributed by atoms with Crippen LogP contribution in [-0.4, -0.2) is 264 Å². The van der Waals surface area contributed by atoms with Crippen LogP contribution in [0.2, 0.25) is 0 Å². The standard InChI is InChI=1S/C76H115N9O23/c1-15-44(6)64(57(104-13)39-62(92)84-34-21-25-52(84)69(105-14)46(8)54(86)36-45(7)65(93)48-22-17-16-18-23-48)82(10)73(99)49(42(2)3)38-55(87)63(43(4)5)83(11)76(102)106-41-47-26-27-56(107-75-68(96)66(94)67(95)70(108-75)74(100)101)51(37-47)80-59(89)30-33-79-71(97)50(24-19-20-32-78-58(88)31-35-103-12)81-72(98)53(40-77-9)85-60(90)28-29-61(85)91/h16-18,22-23,26-29,37,42-46,49-50,52-53,57,63-70,75,77,93-96H,15,19-21,24-25,30-36,38-41H2,1-14H3,(H,78,88)(H,79,97)(H,80,89)(H,81,98)(H,100,101)/t44-,45-,46-,49-,50-,52-,53+,57+,63-,64-,65+,66-,67?,68+,69+,70-,75+/m0/s1. The van der Waals surface area contributed by atoms with Crippen molar-refractivity contribution in [1.82, 2.24) is 40.9 Å². The van der Waals surface area contributed by atoms with Crippen LogP contribution in [-0.2, 0) is 83.0 Å². The Morgan fingerprint density at radius 3 is 2.02 bits per heavy atom. The SMILES string of the molecule is CC[C@H](C)[C@@H]([C@@H](CC(=O)N1CCC[C@H]1[C@H](OC)[C@@H](C)C(=O)C[C@H](C)[C@@H](O)c1ccccc1)OC)N(C)C(=O)[C@@H](CC(=O)[C@H](C(C)C)N(C)C(=O)OCc1ccc(O[C@@H]2O[C@H](C(=O)O)C(O)[C@H](O)[C@H]2O)c(NC(=O)CCNC(=O)[C@H](CCCCNC(=O)CCOC)NC(=O)[C@@H](CNC)N2C(=O)C=CC2=O)c1)C(C)C. The number of likely N-dealkylation sites (N-methyl/N-ethyl adjacent to an activating group) is 3. The Morgan fingerprint density at radius 2 is 1.42 bits per heavy atom. The second kappa shape index (κ2) is 43.7. The number of aliphatic carboxylic acids is 1. The molecular weight excluding hydrogens is 1410 g/mol. The fourth-order valence-electron chi connectivity index (χ4n) is 14.0. The van der Waals surface area contributed by atoms with Gasteiger partial charge in [-0.3, -0.25) is 52.8 Å². The number of likely N-dealkylation sites (tertiary alicyclic amines) is 1. The van der Waals surface area contributed by atoms with E-state index in [2.05, 4.69) is 26.6 Å². The number of ketones is 2. The average Bonchev–Trinajstić information content (AvgIpc) is 0.896. The van der Waals surface area contributed by atoms with Crippen LogP contribution in [0.1, 0.15) is 143 Å². The number of Topliss-reactive ketones (excluding diaryl/α,β-unsaturated/α-hetero) is 2. The predicted molar refractivity (Wildman–Crippen MR) is 392 cm³/mol. The van der Waals surface area contributed by atoms with Gasteiger partial charge in [-0.2, -0.15) is 0 Å². The van der Waals surface area contributed by atoms with Crippen molar-refractivity contribution >= 4 is 76.6 Å². The van der Waals surface area contributed by atoms with Gasteiger partial charge < -0.3 is 95.2 Å². The van der Waals surface area contributed by atoms with E-state index in [1.165, 1.54) is 53.6 Å². The van der Waals surface area contributed by atoms with E-state index in [4.69, 9.17) is 28.4 Å². The highest BCUT2D eigenvalue weighted by Crippen LogP contribution is 2.35. The minimum Gasteiger partial charge on any atom is -0.479 e. The zero-order valence-electron chi connectivity index (χ0n) is 64.6. The van der Waals surface area contributed by atoms with Crippen molar-refractivity contribution < 1.29 is 111 Å². The first-order valence-electron chi connectivity index (χ1n) is 37.0. The number of aliphatic hydroxyl groups is 4. The van der Waals surface area contributed by atoms with E-state index in [1.54, 1.807) is 37.6 Å². The molecule has 2 aromatic carbocycles. The van der Waals surface area contributed by atoms with E-state index >= 15 is 4.79 Å². The van der Waals surface area contributed by atoms with Gasteiger partial charge in [-0.1, -0.05) is 98.2 Å². The number of nitrogens with zero attached hydrogens (tertiary/aromatic N) is 4. The van der Waals surface area contributed by atoms with Crippen molar-refractivity contribution in [3.63, 3.8) is 0 Å². The van der Waals surface area contributed by atoms with Gasteiger partial charge in [-0.05, 0) is 86.1 Å². The molecule has 108 heavy (non-hydrogen) atoms. The second-order valence-corrected chi connectivity index (χ2v) is 28.8. The first-order chi connectivity index (χ1) is 51.2. The summed E-state index contributed by atoms with van der Waals surface area (Å²) in [6.45, 7) is 14.4. The topological polar surface area (TPSA) is 434 Å². The molecule has 3 aliphatic rings. The van der Waals surface area contributed by atoms with Crippen LogP contribution in [0, 0.1) is 35.5 Å². The number of carboxylic acids is 1. The van der Waals surface area contributed by atoms with Gasteiger partial charge in [-0.15, -0.1) is 0 Å². The summed E-state index contributed by atoms with van der Waals surface area (Å²) in [5.74, 6) is -10.4. The average molecular weight is 1520 g/mol. The van der Waals surface area contributed by atoms with Crippen LogP contribution in [0.5, 0.6) is 5.75 Å². The zero-order valence-corrected chi connectivity index (χ0v) is 64.6. The third-order valence-corrected chi connectivity index (χ3v) is 20.4. The first-order valence-corrected chi connectivity index (χ1v) is 37.0. The Bertz CT molecular complexity index is 3380. The number of nitrogens with one attached hydrogen (secondary N) is 5. The summed E-state index contributed by atoms with van der Waals surface area (Å²) in [5.41, 5.74) is 0.694. The van der Waals surface area contributed by atoms with Crippen molar-refractivity contribution in [2.24, 2.45) is 35.5 Å². The number of hydrogen-bond acceptors (Lipinski definition) is 23. The molecule has 5 rings (SSSR count). The highest BCUT2D eigenvalue weighted by molar-refractivity contribution is 6.15. The number of rotatable bonds is 45. The minimum atomic E-state index is -2.08. The van der Waals surface area contributed by atoms with E-state index in [0.29, 0.717) is 37.8 Å². The Hall–Kier alpha value is -8.34. The van der Waals surface area contributed by atoms with Crippen molar-refractivity contribution in [2.45, 2.75) is 212 Å². The van der Waals surface area contributed by atoms with Gasteiger partial charge in [0, 0.05) is 111 Å². The summed E-state index contributed by atoms with van der Waals surface area (Å²) in [4.78, 5) is 169. The van der Waals surface area contributed by atoms with Crippen molar-refractivity contribution in [3.8, 4) is 5.75 Å². The Labute approximate surface area is 632 Å². The number of carboxylic acid groups (broad SMARTS) is 1. The zero-order chi connectivity index (χ0) is 80.4. The van der Waals surface area contributed by atoms with Crippen LogP contribution in [0.15, 0.2) is 60.7 Å². The molecule has 3 aliphatic heterocycles. The second-order valence-electron chi connectivity index (χ2n) is 28.8. The molecule has 1 unspecified atom stereocenters. The first kappa shape index (κ1) is 90.3. The number of imide groups is 1. The predicted octanol–water partition coefficient (Wildman–Crippen LogP) is 2.80. The minimum absolute atomic E-state index is 0.00611. The van der Waals surface area contributed by atoms with E-state index in [9.17, 15) is 78.3 Å². The largest absolute Gasteiger partial charge is 0.479 e. The normalized spacial score (nSPS) is 21.0. The summed E-state index contributed by atoms with van der Waals surface area (Å²) < 4.78 is 34.1.